The highest BCUT2D eigenvalue weighted by Crippen LogP contribution is 2.30. The molecule has 0 atom stereocenters. The number of nitrogens with zero attached hydrogens (tertiary/aromatic N) is 3. The first kappa shape index (κ1) is 19.7. The Hall–Kier alpha value is -2.58. The second-order valence-electron chi connectivity index (χ2n) is 7.61. The fraction of sp³-hybridized carbons (Fsp3) is 0.381. The van der Waals surface area contributed by atoms with Crippen LogP contribution in [0.25, 0.3) is 10.2 Å². The van der Waals surface area contributed by atoms with Gasteiger partial charge in [-0.2, -0.15) is 0 Å². The number of hydrogen-bond donors (Lipinski definition) is 1. The topological polar surface area (TPSA) is 81.2 Å². The third-order valence-electron chi connectivity index (χ3n) is 5.65. The van der Waals surface area contributed by atoms with Crippen LogP contribution in [0, 0.1) is 12.7 Å². The van der Waals surface area contributed by atoms with Gasteiger partial charge in [0.15, 0.2) is 0 Å². The molecule has 6 nitrogen and oxygen atoms in total. The van der Waals surface area contributed by atoms with Gasteiger partial charge in [-0.25, -0.2) is 9.37 Å². The van der Waals surface area contributed by atoms with Gasteiger partial charge in [-0.15, -0.1) is 11.3 Å². The van der Waals surface area contributed by atoms with Crippen LogP contribution in [0.1, 0.15) is 45.5 Å². The average molecular weight is 415 g/mol. The number of fused-ring (bicyclic) bond motifs is 1. The van der Waals surface area contributed by atoms with Crippen LogP contribution in [-0.4, -0.2) is 40.5 Å². The predicted octanol–water partition coefficient (Wildman–Crippen LogP) is 2.86. The molecule has 1 aromatic carbocycles. The van der Waals surface area contributed by atoms with E-state index in [0.717, 1.165) is 37.3 Å². The van der Waals surface area contributed by atoms with Crippen molar-refractivity contribution < 1.29 is 9.18 Å². The summed E-state index contributed by atoms with van der Waals surface area (Å²) in [5.41, 5.74) is 6.38. The zero-order valence-corrected chi connectivity index (χ0v) is 17.3. The molecule has 0 aliphatic carbocycles. The van der Waals surface area contributed by atoms with Crippen molar-refractivity contribution in [2.24, 2.45) is 5.73 Å². The molecule has 1 aliphatic heterocycles. The number of benzene rings is 1. The molecule has 1 amide bonds. The lowest BCUT2D eigenvalue weighted by Gasteiger charge is -2.31. The zero-order valence-electron chi connectivity index (χ0n) is 16.4. The first-order valence-electron chi connectivity index (χ1n) is 9.63. The fourth-order valence-corrected chi connectivity index (χ4v) is 5.08. The van der Waals surface area contributed by atoms with Crippen molar-refractivity contribution in [2.75, 3.05) is 20.1 Å². The second-order valence-corrected chi connectivity index (χ2v) is 8.61. The highest BCUT2D eigenvalue weighted by molar-refractivity contribution is 7.20. The molecular weight excluding hydrogens is 391 g/mol. The van der Waals surface area contributed by atoms with Crippen LogP contribution in [0.15, 0.2) is 29.1 Å². The van der Waals surface area contributed by atoms with Gasteiger partial charge in [-0.3, -0.25) is 14.2 Å². The Balaban J connectivity index is 1.92. The lowest BCUT2D eigenvalue weighted by Crippen LogP contribution is -2.37. The Labute approximate surface area is 171 Å². The molecule has 4 rings (SSSR count). The van der Waals surface area contributed by atoms with E-state index in [1.54, 1.807) is 29.7 Å². The number of thiophene rings is 1. The third-order valence-corrected chi connectivity index (χ3v) is 6.85. The Bertz CT molecular complexity index is 1150. The summed E-state index contributed by atoms with van der Waals surface area (Å²) < 4.78 is 16.0. The van der Waals surface area contributed by atoms with Crippen LogP contribution in [0.3, 0.4) is 0 Å². The Morgan fingerprint density at radius 1 is 1.31 bits per heavy atom. The van der Waals surface area contributed by atoms with Gasteiger partial charge in [0.2, 0.25) is 0 Å². The van der Waals surface area contributed by atoms with Crippen LogP contribution in [0.2, 0.25) is 0 Å². The molecule has 0 radical (unpaired) electrons. The number of nitrogens with two attached hydrogens (primary N) is 1. The number of likely N-dealkylation sites (tertiary alicyclic amines) is 1. The first-order chi connectivity index (χ1) is 13.9. The van der Waals surface area contributed by atoms with Crippen LogP contribution in [-0.2, 0) is 6.42 Å². The van der Waals surface area contributed by atoms with Crippen molar-refractivity contribution in [3.05, 3.63) is 62.3 Å². The lowest BCUT2D eigenvalue weighted by atomic mass is 10.0. The summed E-state index contributed by atoms with van der Waals surface area (Å²) in [5, 5.41) is 0.444. The number of carbonyl (C=O) groups is 1. The highest BCUT2D eigenvalue weighted by Gasteiger charge is 2.26. The molecule has 0 saturated carbocycles. The maximum Gasteiger partial charge on any atom is 0.262 e. The van der Waals surface area contributed by atoms with Gasteiger partial charge >= 0.3 is 0 Å². The third kappa shape index (κ3) is 3.58. The molecule has 2 aromatic heterocycles. The summed E-state index contributed by atoms with van der Waals surface area (Å²) in [6.45, 7) is 3.49. The standard InChI is InChI=1S/C21H23FN4O2S/c1-12-17-20(29-18(12)19(23)27)24-16(11-13-5-3-4-6-15(13)22)26(21(17)28)14-7-9-25(2)10-8-14/h3-6,14H,7-11H2,1-2H3,(H2,23,27). The number of halogens is 1. The Morgan fingerprint density at radius 3 is 2.66 bits per heavy atom. The zero-order chi connectivity index (χ0) is 20.7. The van der Waals surface area contributed by atoms with E-state index in [-0.39, 0.29) is 23.8 Å². The van der Waals surface area contributed by atoms with E-state index in [1.807, 2.05) is 0 Å². The van der Waals surface area contributed by atoms with Gasteiger partial charge in [-0.05, 0) is 57.1 Å². The molecule has 2 N–H and O–H groups in total. The van der Waals surface area contributed by atoms with E-state index < -0.39 is 5.91 Å². The summed E-state index contributed by atoms with van der Waals surface area (Å²) in [6.07, 6.45) is 1.85. The van der Waals surface area contributed by atoms with Gasteiger partial charge < -0.3 is 10.6 Å². The number of rotatable bonds is 4. The predicted molar refractivity (Wildman–Crippen MR) is 112 cm³/mol. The Morgan fingerprint density at radius 2 is 2.00 bits per heavy atom. The molecule has 1 aliphatic rings. The van der Waals surface area contributed by atoms with Crippen molar-refractivity contribution >= 4 is 27.5 Å². The Kier molecular flexibility index (Phi) is 5.23. The van der Waals surface area contributed by atoms with Crippen LogP contribution >= 0.6 is 11.3 Å². The van der Waals surface area contributed by atoms with Gasteiger partial charge in [-0.1, -0.05) is 18.2 Å². The normalized spacial score (nSPS) is 15.8. The van der Waals surface area contributed by atoms with E-state index in [0.29, 0.717) is 32.0 Å². The lowest BCUT2D eigenvalue weighted by molar-refractivity contribution is 0.100. The maximum atomic E-state index is 14.3. The van der Waals surface area contributed by atoms with E-state index in [9.17, 15) is 14.0 Å². The highest BCUT2D eigenvalue weighted by atomic mass is 32.1. The SMILES string of the molecule is Cc1c(C(N)=O)sc2nc(Cc3ccccc3F)n(C3CCN(C)CC3)c(=O)c12. The molecule has 152 valence electrons. The number of amides is 1. The van der Waals surface area contributed by atoms with Crippen molar-refractivity contribution in [2.45, 2.75) is 32.2 Å². The van der Waals surface area contributed by atoms with Crippen LogP contribution < -0.4 is 11.3 Å². The first-order valence-corrected chi connectivity index (χ1v) is 10.4. The largest absolute Gasteiger partial charge is 0.365 e. The molecular formula is C21H23FN4O2S. The summed E-state index contributed by atoms with van der Waals surface area (Å²) in [6, 6.07) is 6.52. The van der Waals surface area contributed by atoms with Gasteiger partial charge in [0.05, 0.1) is 10.3 Å². The number of primary amides is 1. The van der Waals surface area contributed by atoms with E-state index in [2.05, 4.69) is 11.9 Å². The molecule has 29 heavy (non-hydrogen) atoms. The van der Waals surface area contributed by atoms with E-state index in [1.165, 1.54) is 6.07 Å². The quantitative estimate of drug-likeness (QED) is 0.712. The van der Waals surface area contributed by atoms with Crippen molar-refractivity contribution in [3.8, 4) is 0 Å². The number of aryl methyl sites for hydroxylation is 1. The monoisotopic (exact) mass is 414 g/mol. The smallest absolute Gasteiger partial charge is 0.262 e. The summed E-state index contributed by atoms with van der Waals surface area (Å²) in [4.78, 5) is 33.1. The molecule has 3 heterocycles. The number of carbonyl (C=O) groups excluding carboxylic acids is 1. The molecule has 0 unspecified atom stereocenters. The minimum atomic E-state index is -0.564. The number of piperidine rings is 1. The number of hydrogen-bond acceptors (Lipinski definition) is 5. The van der Waals surface area contributed by atoms with Gasteiger partial charge in [0.25, 0.3) is 11.5 Å². The molecule has 8 heteroatoms. The second kappa shape index (κ2) is 7.68. The van der Waals surface area contributed by atoms with Crippen molar-refractivity contribution in [3.63, 3.8) is 0 Å². The van der Waals surface area contributed by atoms with Crippen LogP contribution in [0.4, 0.5) is 4.39 Å². The molecule has 1 saturated heterocycles. The summed E-state index contributed by atoms with van der Waals surface area (Å²) >= 11 is 1.13. The number of aromatic nitrogens is 2. The summed E-state index contributed by atoms with van der Waals surface area (Å²) in [7, 11) is 2.06. The average Bonchev–Trinajstić information content (AvgIpc) is 3.02. The van der Waals surface area contributed by atoms with Crippen molar-refractivity contribution in [1.29, 1.82) is 0 Å². The van der Waals surface area contributed by atoms with Gasteiger partial charge in [0, 0.05) is 12.5 Å². The summed E-state index contributed by atoms with van der Waals surface area (Å²) in [5.74, 6) is -0.359. The molecule has 3 aromatic rings. The molecule has 0 bridgehead atoms. The minimum absolute atomic E-state index is 0.00583. The van der Waals surface area contributed by atoms with E-state index >= 15 is 0 Å². The van der Waals surface area contributed by atoms with Gasteiger partial charge in [0.1, 0.15) is 16.5 Å². The molecule has 0 spiro atoms. The minimum Gasteiger partial charge on any atom is -0.365 e. The van der Waals surface area contributed by atoms with Crippen molar-refractivity contribution in [1.82, 2.24) is 14.5 Å². The van der Waals surface area contributed by atoms with Crippen LogP contribution in [0.5, 0.6) is 0 Å². The molecule has 1 fully saturated rings. The maximum absolute atomic E-state index is 14.3. The van der Waals surface area contributed by atoms with E-state index in [4.69, 9.17) is 10.7 Å². The fourth-order valence-electron chi connectivity index (χ4n) is 4.04.